The van der Waals surface area contributed by atoms with Crippen LogP contribution in [0.3, 0.4) is 0 Å². The van der Waals surface area contributed by atoms with E-state index >= 15 is 0 Å². The Kier molecular flexibility index (Phi) is 4.42. The van der Waals surface area contributed by atoms with Crippen LogP contribution in [-0.2, 0) is 20.7 Å². The highest BCUT2D eigenvalue weighted by Gasteiger charge is 2.21. The summed E-state index contributed by atoms with van der Waals surface area (Å²) in [6, 6.07) is 0. The molecule has 118 valence electrons. The fourth-order valence-corrected chi connectivity index (χ4v) is 3.27. The number of imidazole rings is 1. The predicted molar refractivity (Wildman–Crippen MR) is 82.7 cm³/mol. The summed E-state index contributed by atoms with van der Waals surface area (Å²) >= 11 is 1.51. The molecule has 7 heteroatoms. The van der Waals surface area contributed by atoms with Gasteiger partial charge in [0.25, 0.3) is 5.91 Å². The zero-order chi connectivity index (χ0) is 15.5. The van der Waals surface area contributed by atoms with E-state index in [2.05, 4.69) is 11.9 Å². The molecule has 3 rings (SSSR count). The first-order valence-corrected chi connectivity index (χ1v) is 8.34. The van der Waals surface area contributed by atoms with Gasteiger partial charge >= 0.3 is 5.97 Å². The number of likely N-dealkylation sites (tertiary alicyclic amines) is 1. The Morgan fingerprint density at radius 2 is 2.18 bits per heavy atom. The van der Waals surface area contributed by atoms with Gasteiger partial charge in [-0.05, 0) is 18.8 Å². The van der Waals surface area contributed by atoms with Gasteiger partial charge in [-0.2, -0.15) is 0 Å². The Balaban J connectivity index is 1.45. The van der Waals surface area contributed by atoms with E-state index in [1.165, 1.54) is 11.3 Å². The van der Waals surface area contributed by atoms with Crippen molar-refractivity contribution in [3.63, 3.8) is 0 Å². The summed E-state index contributed by atoms with van der Waals surface area (Å²) < 4.78 is 6.95. The zero-order valence-electron chi connectivity index (χ0n) is 12.5. The molecular weight excluding hydrogens is 302 g/mol. The van der Waals surface area contributed by atoms with E-state index < -0.39 is 5.97 Å². The summed E-state index contributed by atoms with van der Waals surface area (Å²) in [5.41, 5.74) is 0.663. The Hall–Kier alpha value is -1.89. The Morgan fingerprint density at radius 1 is 1.41 bits per heavy atom. The molecule has 0 aliphatic carbocycles. The van der Waals surface area contributed by atoms with Crippen molar-refractivity contribution >= 4 is 28.2 Å². The fraction of sp³-hybridized carbons (Fsp3) is 0.533. The van der Waals surface area contributed by atoms with Gasteiger partial charge in [0.15, 0.2) is 11.6 Å². The molecule has 1 amide bonds. The molecule has 0 saturated carbocycles. The highest BCUT2D eigenvalue weighted by atomic mass is 32.1. The van der Waals surface area contributed by atoms with Crippen molar-refractivity contribution in [2.24, 2.45) is 5.92 Å². The number of piperidine rings is 1. The van der Waals surface area contributed by atoms with Crippen molar-refractivity contribution in [3.8, 4) is 0 Å². The second kappa shape index (κ2) is 6.48. The number of hydrogen-bond acceptors (Lipinski definition) is 5. The van der Waals surface area contributed by atoms with E-state index in [0.29, 0.717) is 11.6 Å². The van der Waals surface area contributed by atoms with Gasteiger partial charge in [0.2, 0.25) is 0 Å². The molecule has 2 aromatic heterocycles. The van der Waals surface area contributed by atoms with E-state index in [9.17, 15) is 9.59 Å². The summed E-state index contributed by atoms with van der Waals surface area (Å²) in [6.45, 7) is 3.54. The maximum Gasteiger partial charge on any atom is 0.312 e. The quantitative estimate of drug-likeness (QED) is 0.805. The molecular formula is C15H19N3O3S. The van der Waals surface area contributed by atoms with Gasteiger partial charge in [0.05, 0.1) is 12.1 Å². The smallest absolute Gasteiger partial charge is 0.312 e. The molecule has 0 atom stereocenters. The molecule has 1 aliphatic rings. The number of esters is 1. The summed E-state index contributed by atoms with van der Waals surface area (Å²) in [6.07, 6.45) is 5.83. The third kappa shape index (κ3) is 3.47. The van der Waals surface area contributed by atoms with Crippen LogP contribution in [0.4, 0.5) is 0 Å². The standard InChI is InChI=1S/C15H19N3O3S/c1-11-2-4-17(5-3-11)13(19)10-21-14(20)8-12-9-18-6-7-22-15(18)16-12/h6-7,9,11H,2-5,8,10H2,1H3. The number of fused-ring (bicyclic) bond motifs is 1. The molecule has 1 saturated heterocycles. The average Bonchev–Trinajstić information content (AvgIpc) is 3.06. The molecule has 0 aromatic carbocycles. The van der Waals surface area contributed by atoms with E-state index in [1.54, 1.807) is 11.1 Å². The van der Waals surface area contributed by atoms with Crippen molar-refractivity contribution in [2.75, 3.05) is 19.7 Å². The van der Waals surface area contributed by atoms with E-state index in [0.717, 1.165) is 30.9 Å². The van der Waals surface area contributed by atoms with Crippen LogP contribution in [0, 0.1) is 5.92 Å². The number of hydrogen-bond donors (Lipinski definition) is 0. The lowest BCUT2D eigenvalue weighted by atomic mass is 9.99. The molecule has 1 aliphatic heterocycles. The minimum absolute atomic E-state index is 0.0959. The number of thiazole rings is 1. The van der Waals surface area contributed by atoms with Crippen LogP contribution in [0.15, 0.2) is 17.8 Å². The first-order chi connectivity index (χ1) is 10.6. The van der Waals surface area contributed by atoms with Crippen LogP contribution in [0.1, 0.15) is 25.5 Å². The van der Waals surface area contributed by atoms with Gasteiger partial charge in [-0.1, -0.05) is 6.92 Å². The SMILES string of the molecule is CC1CCN(C(=O)COC(=O)Cc2cn3ccsc3n2)CC1. The fourth-order valence-electron chi connectivity index (χ4n) is 2.55. The summed E-state index contributed by atoms with van der Waals surface area (Å²) in [4.78, 5) is 30.8. The monoisotopic (exact) mass is 321 g/mol. The van der Waals surface area contributed by atoms with Gasteiger partial charge in [-0.25, -0.2) is 4.98 Å². The second-order valence-corrected chi connectivity index (χ2v) is 6.60. The van der Waals surface area contributed by atoms with E-state index in [-0.39, 0.29) is 18.9 Å². The number of ether oxygens (including phenoxy) is 1. The van der Waals surface area contributed by atoms with Gasteiger partial charge in [-0.15, -0.1) is 11.3 Å². The summed E-state index contributed by atoms with van der Waals surface area (Å²) in [5, 5.41) is 1.93. The molecule has 0 bridgehead atoms. The molecule has 2 aromatic rings. The Labute approximate surface area is 132 Å². The Morgan fingerprint density at radius 3 is 2.91 bits per heavy atom. The van der Waals surface area contributed by atoms with Gasteiger partial charge in [0, 0.05) is 30.9 Å². The van der Waals surface area contributed by atoms with Crippen molar-refractivity contribution in [1.82, 2.24) is 14.3 Å². The van der Waals surface area contributed by atoms with Crippen molar-refractivity contribution in [2.45, 2.75) is 26.2 Å². The third-order valence-electron chi connectivity index (χ3n) is 3.96. The van der Waals surface area contributed by atoms with Crippen LogP contribution >= 0.6 is 11.3 Å². The van der Waals surface area contributed by atoms with Crippen molar-refractivity contribution in [3.05, 3.63) is 23.5 Å². The molecule has 0 unspecified atom stereocenters. The normalized spacial score (nSPS) is 16.1. The van der Waals surface area contributed by atoms with Crippen LogP contribution in [0.25, 0.3) is 4.96 Å². The summed E-state index contributed by atoms with van der Waals surface area (Å²) in [5.74, 6) is 0.150. The van der Waals surface area contributed by atoms with Gasteiger partial charge in [0.1, 0.15) is 0 Å². The van der Waals surface area contributed by atoms with Gasteiger partial charge < -0.3 is 9.64 Å². The average molecular weight is 321 g/mol. The molecule has 0 spiro atoms. The van der Waals surface area contributed by atoms with E-state index in [4.69, 9.17) is 4.74 Å². The van der Waals surface area contributed by atoms with Crippen LogP contribution in [0.2, 0.25) is 0 Å². The minimum atomic E-state index is -0.413. The molecule has 1 fully saturated rings. The van der Waals surface area contributed by atoms with Crippen molar-refractivity contribution < 1.29 is 14.3 Å². The number of nitrogens with zero attached hydrogens (tertiary/aromatic N) is 3. The topological polar surface area (TPSA) is 63.9 Å². The predicted octanol–water partition coefficient (Wildman–Crippen LogP) is 1.74. The Bertz CT molecular complexity index is 642. The first-order valence-electron chi connectivity index (χ1n) is 7.46. The number of aromatic nitrogens is 2. The lowest BCUT2D eigenvalue weighted by Gasteiger charge is -2.30. The largest absolute Gasteiger partial charge is 0.455 e. The van der Waals surface area contributed by atoms with Crippen LogP contribution < -0.4 is 0 Å². The van der Waals surface area contributed by atoms with Crippen LogP contribution in [0.5, 0.6) is 0 Å². The van der Waals surface area contributed by atoms with Gasteiger partial charge in [-0.3, -0.25) is 14.0 Å². The molecule has 3 heterocycles. The minimum Gasteiger partial charge on any atom is -0.455 e. The maximum absolute atomic E-state index is 12.0. The lowest BCUT2D eigenvalue weighted by molar-refractivity contribution is -0.152. The number of amides is 1. The molecule has 22 heavy (non-hydrogen) atoms. The summed E-state index contributed by atoms with van der Waals surface area (Å²) in [7, 11) is 0. The zero-order valence-corrected chi connectivity index (χ0v) is 13.3. The van der Waals surface area contributed by atoms with Crippen LogP contribution in [-0.4, -0.2) is 45.9 Å². The first kappa shape index (κ1) is 15.0. The molecule has 0 N–H and O–H groups in total. The highest BCUT2D eigenvalue weighted by molar-refractivity contribution is 7.15. The number of carbonyl (C=O) groups is 2. The third-order valence-corrected chi connectivity index (χ3v) is 4.73. The lowest BCUT2D eigenvalue weighted by Crippen LogP contribution is -2.40. The highest BCUT2D eigenvalue weighted by Crippen LogP contribution is 2.16. The van der Waals surface area contributed by atoms with Crippen molar-refractivity contribution in [1.29, 1.82) is 0 Å². The molecule has 0 radical (unpaired) electrons. The number of carbonyl (C=O) groups excluding carboxylic acids is 2. The second-order valence-electron chi connectivity index (χ2n) is 5.73. The maximum atomic E-state index is 12.0. The molecule has 6 nitrogen and oxygen atoms in total. The number of rotatable bonds is 4. The van der Waals surface area contributed by atoms with E-state index in [1.807, 2.05) is 16.0 Å².